The van der Waals surface area contributed by atoms with Gasteiger partial charge in [-0.3, -0.25) is 0 Å². The van der Waals surface area contributed by atoms with Gasteiger partial charge in [0.25, 0.3) is 0 Å². The molecule has 1 aliphatic carbocycles. The molecule has 1 aromatic carbocycles. The highest BCUT2D eigenvalue weighted by molar-refractivity contribution is 7.15. The Morgan fingerprint density at radius 3 is 2.80 bits per heavy atom. The first-order valence-electron chi connectivity index (χ1n) is 10.7. The van der Waals surface area contributed by atoms with Gasteiger partial charge in [-0.25, -0.2) is 4.79 Å². The Morgan fingerprint density at radius 1 is 1.17 bits per heavy atom. The van der Waals surface area contributed by atoms with Crippen LogP contribution < -0.4 is 5.32 Å². The van der Waals surface area contributed by atoms with Crippen LogP contribution in [0.25, 0.3) is 5.00 Å². The number of fused-ring (bicyclic) bond motifs is 5. The van der Waals surface area contributed by atoms with E-state index in [1.165, 1.54) is 39.5 Å². The molecule has 1 N–H and O–H groups in total. The van der Waals surface area contributed by atoms with Gasteiger partial charge >= 0.3 is 6.03 Å². The van der Waals surface area contributed by atoms with Gasteiger partial charge in [-0.1, -0.05) is 31.5 Å². The summed E-state index contributed by atoms with van der Waals surface area (Å²) in [5.74, 6) is 0.286. The van der Waals surface area contributed by atoms with Gasteiger partial charge in [-0.05, 0) is 67.5 Å². The summed E-state index contributed by atoms with van der Waals surface area (Å²) >= 11 is 8.06. The molecule has 1 atom stereocenters. The van der Waals surface area contributed by atoms with E-state index in [1.54, 1.807) is 6.07 Å². The molecule has 2 aromatic heterocycles. The van der Waals surface area contributed by atoms with Gasteiger partial charge in [-0.2, -0.15) is 0 Å². The van der Waals surface area contributed by atoms with Crippen LogP contribution in [0.2, 0.25) is 5.02 Å². The number of nitrogens with zero attached hydrogens (tertiary/aromatic N) is 2. The van der Waals surface area contributed by atoms with Crippen molar-refractivity contribution in [2.45, 2.75) is 52.1 Å². The van der Waals surface area contributed by atoms with Gasteiger partial charge in [-0.15, -0.1) is 11.3 Å². The second-order valence-electron chi connectivity index (χ2n) is 8.55. The van der Waals surface area contributed by atoms with E-state index in [0.717, 1.165) is 18.5 Å². The molecule has 0 radical (unpaired) electrons. The zero-order valence-electron chi connectivity index (χ0n) is 17.3. The van der Waals surface area contributed by atoms with E-state index in [0.29, 0.717) is 11.6 Å². The number of urea groups is 1. The Hall–Kier alpha value is -2.24. The van der Waals surface area contributed by atoms with Crippen molar-refractivity contribution in [2.24, 2.45) is 5.92 Å². The van der Waals surface area contributed by atoms with Gasteiger partial charge in [0.05, 0.1) is 12.6 Å². The van der Waals surface area contributed by atoms with Gasteiger partial charge in [0.15, 0.2) is 0 Å². The number of amides is 2. The maximum atomic E-state index is 13.5. The monoisotopic (exact) mass is 439 g/mol. The van der Waals surface area contributed by atoms with Crippen LogP contribution in [0.3, 0.4) is 0 Å². The first-order valence-corrected chi connectivity index (χ1v) is 11.9. The van der Waals surface area contributed by atoms with E-state index in [-0.39, 0.29) is 18.0 Å². The van der Waals surface area contributed by atoms with E-state index in [4.69, 9.17) is 11.6 Å². The molecular formula is C24H26ClN3OS. The highest BCUT2D eigenvalue weighted by Crippen LogP contribution is 2.44. The van der Waals surface area contributed by atoms with Crippen LogP contribution in [0.4, 0.5) is 10.5 Å². The van der Waals surface area contributed by atoms with Crippen LogP contribution in [0.15, 0.2) is 42.6 Å². The Labute approximate surface area is 186 Å². The minimum Gasteiger partial charge on any atom is -0.311 e. The van der Waals surface area contributed by atoms with E-state index in [1.807, 2.05) is 34.4 Å². The predicted octanol–water partition coefficient (Wildman–Crippen LogP) is 6.82. The smallest absolute Gasteiger partial charge is 0.311 e. The number of carbonyl (C=O) groups is 1. The van der Waals surface area contributed by atoms with Gasteiger partial charge < -0.3 is 14.8 Å². The number of carbonyl (C=O) groups excluding carboxylic acids is 1. The average molecular weight is 440 g/mol. The summed E-state index contributed by atoms with van der Waals surface area (Å²) in [4.78, 5) is 17.1. The van der Waals surface area contributed by atoms with Crippen LogP contribution >= 0.6 is 22.9 Å². The average Bonchev–Trinajstić information content (AvgIpc) is 3.29. The Kier molecular flexibility index (Phi) is 5.11. The molecule has 5 rings (SSSR count). The third-order valence-electron chi connectivity index (χ3n) is 6.19. The second-order valence-corrected chi connectivity index (χ2v) is 10.1. The number of rotatable bonds is 2. The van der Waals surface area contributed by atoms with Crippen molar-refractivity contribution in [3.8, 4) is 5.00 Å². The fraction of sp³-hybridized carbons (Fsp3) is 0.375. The summed E-state index contributed by atoms with van der Waals surface area (Å²) in [6, 6.07) is 11.5. The Bertz CT molecular complexity index is 1100. The molecule has 156 valence electrons. The van der Waals surface area contributed by atoms with Crippen LogP contribution in [0.1, 0.15) is 54.4 Å². The molecule has 0 unspecified atom stereocenters. The lowest BCUT2D eigenvalue weighted by Gasteiger charge is -2.33. The highest BCUT2D eigenvalue weighted by Gasteiger charge is 2.36. The molecule has 2 amide bonds. The standard InChI is InChI=1S/C24H26ClN3OS/c1-15(2)22-20-10-6-12-27(20)23-19(18-9-3-4-11-21(18)30-23)14-28(22)24(29)26-17-8-5-7-16(25)13-17/h5-8,10,12-13,15,22H,3-4,9,11,14H2,1-2H3,(H,26,29)/t22-/m0/s1. The number of aromatic nitrogens is 1. The van der Waals surface area contributed by atoms with E-state index in [9.17, 15) is 4.79 Å². The molecular weight excluding hydrogens is 414 g/mol. The van der Waals surface area contributed by atoms with Crippen LogP contribution in [-0.4, -0.2) is 15.5 Å². The van der Waals surface area contributed by atoms with Crippen LogP contribution in [0.5, 0.6) is 0 Å². The molecule has 3 heterocycles. The summed E-state index contributed by atoms with van der Waals surface area (Å²) in [5, 5.41) is 5.00. The highest BCUT2D eigenvalue weighted by atomic mass is 35.5. The lowest BCUT2D eigenvalue weighted by atomic mass is 9.94. The van der Waals surface area contributed by atoms with Crippen molar-refractivity contribution >= 4 is 34.7 Å². The number of thiophene rings is 1. The fourth-order valence-electron chi connectivity index (χ4n) is 4.88. The van der Waals surface area contributed by atoms with Crippen molar-refractivity contribution in [2.75, 3.05) is 5.32 Å². The molecule has 0 spiro atoms. The number of hydrogen-bond donors (Lipinski definition) is 1. The number of hydrogen-bond acceptors (Lipinski definition) is 2. The normalized spacial score (nSPS) is 17.9. The maximum absolute atomic E-state index is 13.5. The van der Waals surface area contributed by atoms with Gasteiger partial charge in [0.2, 0.25) is 0 Å². The summed E-state index contributed by atoms with van der Waals surface area (Å²) < 4.78 is 2.33. The quantitative estimate of drug-likeness (QED) is 0.467. The number of anilines is 1. The number of halogens is 1. The summed E-state index contributed by atoms with van der Waals surface area (Å²) in [5.41, 5.74) is 4.72. The molecule has 3 aromatic rings. The zero-order chi connectivity index (χ0) is 20.8. The molecule has 0 saturated carbocycles. The molecule has 30 heavy (non-hydrogen) atoms. The zero-order valence-corrected chi connectivity index (χ0v) is 18.9. The molecule has 6 heteroatoms. The lowest BCUT2D eigenvalue weighted by Crippen LogP contribution is -2.39. The van der Waals surface area contributed by atoms with Crippen LogP contribution in [0, 0.1) is 5.92 Å². The van der Waals surface area contributed by atoms with E-state index >= 15 is 0 Å². The first-order chi connectivity index (χ1) is 14.5. The Balaban J connectivity index is 1.59. The van der Waals surface area contributed by atoms with E-state index in [2.05, 4.69) is 42.1 Å². The fourth-order valence-corrected chi connectivity index (χ4v) is 6.48. The third kappa shape index (κ3) is 3.34. The van der Waals surface area contributed by atoms with Crippen LogP contribution in [-0.2, 0) is 19.4 Å². The molecule has 0 fully saturated rings. The second kappa shape index (κ2) is 7.78. The number of nitrogens with one attached hydrogen (secondary N) is 1. The maximum Gasteiger partial charge on any atom is 0.322 e. The third-order valence-corrected chi connectivity index (χ3v) is 7.76. The largest absolute Gasteiger partial charge is 0.322 e. The van der Waals surface area contributed by atoms with Gasteiger partial charge in [0.1, 0.15) is 5.00 Å². The van der Waals surface area contributed by atoms with Crippen molar-refractivity contribution in [3.05, 3.63) is 69.3 Å². The minimum atomic E-state index is -0.0765. The minimum absolute atomic E-state index is 0.00183. The van der Waals surface area contributed by atoms with E-state index < -0.39 is 0 Å². The molecule has 2 aliphatic rings. The lowest BCUT2D eigenvalue weighted by molar-refractivity contribution is 0.161. The van der Waals surface area contributed by atoms with Crippen molar-refractivity contribution in [3.63, 3.8) is 0 Å². The summed E-state index contributed by atoms with van der Waals surface area (Å²) in [7, 11) is 0. The van der Waals surface area contributed by atoms with Crippen molar-refractivity contribution < 1.29 is 4.79 Å². The number of benzene rings is 1. The molecule has 4 nitrogen and oxygen atoms in total. The van der Waals surface area contributed by atoms with Crippen molar-refractivity contribution in [1.29, 1.82) is 0 Å². The predicted molar refractivity (Wildman–Crippen MR) is 124 cm³/mol. The first kappa shape index (κ1) is 19.7. The Morgan fingerprint density at radius 2 is 2.00 bits per heavy atom. The number of aryl methyl sites for hydroxylation is 1. The molecule has 0 bridgehead atoms. The van der Waals surface area contributed by atoms with Gasteiger partial charge in [0, 0.05) is 33.0 Å². The summed E-state index contributed by atoms with van der Waals surface area (Å²) in [6.45, 7) is 5.02. The molecule has 0 saturated heterocycles. The summed E-state index contributed by atoms with van der Waals surface area (Å²) in [6.07, 6.45) is 6.93. The van der Waals surface area contributed by atoms with Crippen molar-refractivity contribution in [1.82, 2.24) is 9.47 Å². The topological polar surface area (TPSA) is 37.3 Å². The molecule has 1 aliphatic heterocycles. The SMILES string of the molecule is CC(C)[C@H]1c2cccn2-c2sc3c(c2CN1C(=O)Nc1cccc(Cl)c1)CCCC3.